The quantitative estimate of drug-likeness (QED) is 0.397. The molecule has 0 aliphatic rings. The monoisotopic (exact) mass is 130 g/mol. The van der Waals surface area contributed by atoms with Crippen LogP contribution in [0.25, 0.3) is 0 Å². The van der Waals surface area contributed by atoms with E-state index >= 15 is 0 Å². The van der Waals surface area contributed by atoms with Gasteiger partial charge in [0.2, 0.25) is 0 Å². The van der Waals surface area contributed by atoms with E-state index in [2.05, 4.69) is 0 Å². The fraction of sp³-hybridized carbons (Fsp3) is 0.833. The standard InChI is InChI=1S/C6H12NO2/c1-3-4-7(5-8)6-9-2/h3-4,6H2,1-2H3. The smallest absolute Gasteiger partial charge is 0.313 e. The van der Waals surface area contributed by atoms with E-state index in [1.807, 2.05) is 6.92 Å². The molecule has 0 fully saturated rings. The van der Waals surface area contributed by atoms with Gasteiger partial charge in [-0.25, -0.2) is 0 Å². The first-order valence-corrected chi connectivity index (χ1v) is 2.96. The molecule has 1 amide bonds. The Bertz CT molecular complexity index is 69.5. The normalized spacial score (nSPS) is 9.11. The lowest BCUT2D eigenvalue weighted by molar-refractivity contribution is 0.107. The van der Waals surface area contributed by atoms with Gasteiger partial charge in [0.1, 0.15) is 6.73 Å². The third kappa shape index (κ3) is 3.97. The van der Waals surface area contributed by atoms with Gasteiger partial charge in [0.05, 0.1) is 0 Å². The van der Waals surface area contributed by atoms with Crippen LogP contribution in [0.4, 0.5) is 0 Å². The minimum absolute atomic E-state index is 0.345. The van der Waals surface area contributed by atoms with Gasteiger partial charge in [-0.05, 0) is 6.42 Å². The summed E-state index contributed by atoms with van der Waals surface area (Å²) in [5.41, 5.74) is 0. The van der Waals surface area contributed by atoms with Crippen molar-refractivity contribution >= 4 is 6.41 Å². The predicted octanol–water partition coefficient (Wildman–Crippen LogP) is 0.369. The molecule has 53 valence electrons. The first kappa shape index (κ1) is 8.43. The molecule has 0 aromatic carbocycles. The molecule has 0 heterocycles. The second-order valence-electron chi connectivity index (χ2n) is 1.77. The highest BCUT2D eigenvalue weighted by atomic mass is 16.5. The maximum atomic E-state index is 10.0. The van der Waals surface area contributed by atoms with Crippen LogP contribution in [-0.2, 0) is 9.53 Å². The molecule has 0 bridgehead atoms. The van der Waals surface area contributed by atoms with Gasteiger partial charge < -0.3 is 9.64 Å². The lowest BCUT2D eigenvalue weighted by Crippen LogP contribution is -2.24. The molecule has 0 aromatic heterocycles. The van der Waals surface area contributed by atoms with Gasteiger partial charge >= 0.3 is 6.41 Å². The molecule has 0 unspecified atom stereocenters. The van der Waals surface area contributed by atoms with E-state index in [9.17, 15) is 4.79 Å². The van der Waals surface area contributed by atoms with Gasteiger partial charge in [0.15, 0.2) is 0 Å². The van der Waals surface area contributed by atoms with Crippen molar-refractivity contribution in [2.45, 2.75) is 13.3 Å². The van der Waals surface area contributed by atoms with Crippen molar-refractivity contribution in [2.75, 3.05) is 20.4 Å². The van der Waals surface area contributed by atoms with E-state index in [0.717, 1.165) is 13.0 Å². The molecule has 0 rings (SSSR count). The molecule has 0 N–H and O–H groups in total. The predicted molar refractivity (Wildman–Crippen MR) is 34.6 cm³/mol. The van der Waals surface area contributed by atoms with Crippen LogP contribution in [0.5, 0.6) is 0 Å². The molecule has 0 aliphatic heterocycles. The van der Waals surface area contributed by atoms with Crippen LogP contribution >= 0.6 is 0 Å². The number of hydrogen-bond acceptors (Lipinski definition) is 2. The van der Waals surface area contributed by atoms with Gasteiger partial charge in [-0.3, -0.25) is 4.79 Å². The molecule has 0 aromatic rings. The molecule has 0 saturated heterocycles. The maximum absolute atomic E-state index is 10.0. The average Bonchev–Trinajstić information content (AvgIpc) is 1.88. The zero-order chi connectivity index (χ0) is 7.11. The number of hydrogen-bond donors (Lipinski definition) is 0. The third-order valence-corrected chi connectivity index (χ3v) is 0.908. The van der Waals surface area contributed by atoms with Gasteiger partial charge in [-0.1, -0.05) is 6.92 Å². The third-order valence-electron chi connectivity index (χ3n) is 0.908. The van der Waals surface area contributed by atoms with Gasteiger partial charge in [0, 0.05) is 13.7 Å². The van der Waals surface area contributed by atoms with Crippen LogP contribution in [0.3, 0.4) is 0 Å². The summed E-state index contributed by atoms with van der Waals surface area (Å²) in [6, 6.07) is 0. The summed E-state index contributed by atoms with van der Waals surface area (Å²) in [4.78, 5) is 11.5. The summed E-state index contributed by atoms with van der Waals surface area (Å²) in [6.45, 7) is 3.06. The molecule has 3 heteroatoms. The lowest BCUT2D eigenvalue weighted by Gasteiger charge is -2.12. The molecule has 1 radical (unpaired) electrons. The summed E-state index contributed by atoms with van der Waals surface area (Å²) in [6.07, 6.45) is 2.71. The maximum Gasteiger partial charge on any atom is 0.313 e. The van der Waals surface area contributed by atoms with Crippen molar-refractivity contribution in [3.8, 4) is 0 Å². The Labute approximate surface area is 55.6 Å². The Morgan fingerprint density at radius 2 is 2.33 bits per heavy atom. The van der Waals surface area contributed by atoms with Crippen LogP contribution in [0.15, 0.2) is 0 Å². The number of carbonyl (C=O) groups excluding carboxylic acids is 1. The van der Waals surface area contributed by atoms with Crippen molar-refractivity contribution in [2.24, 2.45) is 0 Å². The van der Waals surface area contributed by atoms with Crippen molar-refractivity contribution < 1.29 is 9.53 Å². The molecule has 0 saturated carbocycles. The molecular formula is C6H12NO2. The van der Waals surface area contributed by atoms with Crippen LogP contribution in [-0.4, -0.2) is 31.7 Å². The van der Waals surface area contributed by atoms with Crippen molar-refractivity contribution in [1.82, 2.24) is 4.90 Å². The zero-order valence-corrected chi connectivity index (χ0v) is 5.89. The first-order chi connectivity index (χ1) is 4.35. The van der Waals surface area contributed by atoms with E-state index < -0.39 is 0 Å². The summed E-state index contributed by atoms with van der Waals surface area (Å²) in [5, 5.41) is 0. The van der Waals surface area contributed by atoms with Gasteiger partial charge in [0.25, 0.3) is 0 Å². The van der Waals surface area contributed by atoms with E-state index in [4.69, 9.17) is 4.74 Å². The average molecular weight is 130 g/mol. The van der Waals surface area contributed by atoms with Crippen LogP contribution in [0, 0.1) is 0 Å². The van der Waals surface area contributed by atoms with Crippen molar-refractivity contribution in [3.63, 3.8) is 0 Å². The Hall–Kier alpha value is -0.570. The van der Waals surface area contributed by atoms with Crippen LogP contribution in [0.1, 0.15) is 13.3 Å². The highest BCUT2D eigenvalue weighted by Crippen LogP contribution is 1.85. The highest BCUT2D eigenvalue weighted by molar-refractivity contribution is 5.47. The van der Waals surface area contributed by atoms with Gasteiger partial charge in [-0.2, -0.15) is 0 Å². The van der Waals surface area contributed by atoms with Crippen molar-refractivity contribution in [3.05, 3.63) is 0 Å². The summed E-state index contributed by atoms with van der Waals surface area (Å²) in [5.74, 6) is 0. The summed E-state index contributed by atoms with van der Waals surface area (Å²) >= 11 is 0. The minimum Gasteiger partial charge on any atom is -0.364 e. The molecule has 9 heavy (non-hydrogen) atoms. The molecular weight excluding hydrogens is 118 g/mol. The van der Waals surface area contributed by atoms with E-state index in [1.54, 1.807) is 13.5 Å². The summed E-state index contributed by atoms with van der Waals surface area (Å²) < 4.78 is 4.71. The molecule has 0 atom stereocenters. The van der Waals surface area contributed by atoms with Crippen LogP contribution < -0.4 is 0 Å². The fourth-order valence-electron chi connectivity index (χ4n) is 0.562. The second kappa shape index (κ2) is 5.56. The van der Waals surface area contributed by atoms with E-state index in [1.165, 1.54) is 4.90 Å². The Kier molecular flexibility index (Phi) is 5.21. The number of nitrogens with zero attached hydrogens (tertiary/aromatic N) is 1. The van der Waals surface area contributed by atoms with E-state index in [0.29, 0.717) is 6.73 Å². The SMILES string of the molecule is CCCN([C]=O)COC. The zero-order valence-electron chi connectivity index (χ0n) is 5.89. The van der Waals surface area contributed by atoms with Crippen LogP contribution in [0.2, 0.25) is 0 Å². The summed E-state index contributed by atoms with van der Waals surface area (Å²) in [7, 11) is 1.56. The van der Waals surface area contributed by atoms with E-state index in [-0.39, 0.29) is 0 Å². The fourth-order valence-corrected chi connectivity index (χ4v) is 0.562. The first-order valence-electron chi connectivity index (χ1n) is 2.96. The molecule has 3 nitrogen and oxygen atoms in total. The van der Waals surface area contributed by atoms with Gasteiger partial charge in [-0.15, -0.1) is 0 Å². The highest BCUT2D eigenvalue weighted by Gasteiger charge is 1.96. The Morgan fingerprint density at radius 1 is 1.67 bits per heavy atom. The number of amides is 1. The number of rotatable bonds is 5. The number of methoxy groups -OCH3 is 1. The molecule has 0 spiro atoms. The lowest BCUT2D eigenvalue weighted by atomic mass is 10.5. The Morgan fingerprint density at radius 3 is 2.67 bits per heavy atom. The number of ether oxygens (including phenoxy) is 1. The molecule has 0 aliphatic carbocycles. The van der Waals surface area contributed by atoms with Crippen molar-refractivity contribution in [1.29, 1.82) is 0 Å². The Balaban J connectivity index is 3.29. The largest absolute Gasteiger partial charge is 0.364 e. The minimum atomic E-state index is 0.345. The second-order valence-corrected chi connectivity index (χ2v) is 1.77. The topological polar surface area (TPSA) is 29.5 Å².